The van der Waals surface area contributed by atoms with Crippen molar-refractivity contribution in [3.63, 3.8) is 0 Å². The summed E-state index contributed by atoms with van der Waals surface area (Å²) in [6.45, 7) is 0.501. The van der Waals surface area contributed by atoms with E-state index >= 15 is 0 Å². The van der Waals surface area contributed by atoms with Crippen LogP contribution in [0.4, 0.5) is 0 Å². The molecule has 0 aliphatic heterocycles. The molecule has 0 fully saturated rings. The highest BCUT2D eigenvalue weighted by Gasteiger charge is 2.21. The first-order valence-corrected chi connectivity index (χ1v) is 10.2. The zero-order chi connectivity index (χ0) is 20.9. The van der Waals surface area contributed by atoms with Gasteiger partial charge in [0.25, 0.3) is 0 Å². The SMILES string of the molecule is CO[C@H](c1ccccc1)c1nnc(CCC(=O)N(C)Cc2ccc3nsnc3c2)o1. The largest absolute Gasteiger partial charge is 0.422 e. The van der Waals surface area contributed by atoms with Gasteiger partial charge in [0.15, 0.2) is 6.10 Å². The van der Waals surface area contributed by atoms with E-state index in [1.165, 1.54) is 11.7 Å². The van der Waals surface area contributed by atoms with Gasteiger partial charge in [0.05, 0.1) is 11.7 Å². The van der Waals surface area contributed by atoms with Crippen LogP contribution in [0, 0.1) is 0 Å². The minimum absolute atomic E-state index is 0.00222. The van der Waals surface area contributed by atoms with E-state index < -0.39 is 6.10 Å². The van der Waals surface area contributed by atoms with Gasteiger partial charge in [-0.3, -0.25) is 4.79 Å². The number of carbonyl (C=O) groups excluding carboxylic acids is 1. The maximum atomic E-state index is 12.5. The van der Waals surface area contributed by atoms with Gasteiger partial charge < -0.3 is 14.1 Å². The molecule has 0 aliphatic rings. The zero-order valence-corrected chi connectivity index (χ0v) is 17.5. The predicted molar refractivity (Wildman–Crippen MR) is 112 cm³/mol. The normalized spacial score (nSPS) is 12.2. The number of amides is 1. The minimum atomic E-state index is -0.430. The number of fused-ring (bicyclic) bond motifs is 1. The molecular weight excluding hydrogens is 402 g/mol. The Morgan fingerprint density at radius 2 is 1.93 bits per heavy atom. The highest BCUT2D eigenvalue weighted by Crippen LogP contribution is 2.24. The van der Waals surface area contributed by atoms with Crippen LogP contribution in [-0.2, 0) is 22.5 Å². The van der Waals surface area contributed by atoms with Gasteiger partial charge in [-0.2, -0.15) is 8.75 Å². The summed E-state index contributed by atoms with van der Waals surface area (Å²) in [6.07, 6.45) is 0.221. The standard InChI is InChI=1S/C21H21N5O3S/c1-26(13-14-8-9-16-17(12-14)25-30-24-16)19(27)11-10-18-22-23-21(29-18)20(28-2)15-6-4-3-5-7-15/h3-9,12,20H,10-11,13H2,1-2H3/t20-/m1/s1. The molecule has 2 aromatic carbocycles. The van der Waals surface area contributed by atoms with Crippen LogP contribution in [-0.4, -0.2) is 43.9 Å². The number of aryl methyl sites for hydroxylation is 1. The summed E-state index contributed by atoms with van der Waals surface area (Å²) in [5.74, 6) is 0.793. The number of methoxy groups -OCH3 is 1. The molecule has 2 heterocycles. The molecule has 1 amide bonds. The number of ether oxygens (including phenoxy) is 1. The number of nitrogens with zero attached hydrogens (tertiary/aromatic N) is 5. The molecule has 0 saturated heterocycles. The zero-order valence-electron chi connectivity index (χ0n) is 16.7. The summed E-state index contributed by atoms with van der Waals surface area (Å²) < 4.78 is 19.7. The lowest BCUT2D eigenvalue weighted by Crippen LogP contribution is -2.26. The Morgan fingerprint density at radius 3 is 2.73 bits per heavy atom. The van der Waals surface area contributed by atoms with Crippen LogP contribution in [0.1, 0.15) is 35.4 Å². The van der Waals surface area contributed by atoms with Crippen LogP contribution >= 0.6 is 11.7 Å². The molecule has 0 bridgehead atoms. The Labute approximate surface area is 177 Å². The first-order valence-electron chi connectivity index (χ1n) is 9.49. The second-order valence-electron chi connectivity index (χ2n) is 6.90. The van der Waals surface area contributed by atoms with Crippen molar-refractivity contribution >= 4 is 28.7 Å². The third-order valence-electron chi connectivity index (χ3n) is 4.76. The molecule has 0 radical (unpaired) electrons. The third-order valence-corrected chi connectivity index (χ3v) is 5.32. The Hall–Kier alpha value is -3.17. The number of rotatable bonds is 8. The number of hydrogen-bond acceptors (Lipinski definition) is 8. The van der Waals surface area contributed by atoms with Crippen molar-refractivity contribution in [1.82, 2.24) is 23.8 Å². The van der Waals surface area contributed by atoms with E-state index in [2.05, 4.69) is 18.9 Å². The van der Waals surface area contributed by atoms with Crippen molar-refractivity contribution in [3.05, 3.63) is 71.4 Å². The van der Waals surface area contributed by atoms with E-state index in [0.717, 1.165) is 22.2 Å². The summed E-state index contributed by atoms with van der Waals surface area (Å²) in [6, 6.07) is 15.5. The summed E-state index contributed by atoms with van der Waals surface area (Å²) in [7, 11) is 3.38. The molecule has 30 heavy (non-hydrogen) atoms. The Balaban J connectivity index is 1.34. The summed E-state index contributed by atoms with van der Waals surface area (Å²) in [5.41, 5.74) is 3.66. The van der Waals surface area contributed by atoms with Gasteiger partial charge in [0.2, 0.25) is 17.7 Å². The van der Waals surface area contributed by atoms with Gasteiger partial charge in [0.1, 0.15) is 11.0 Å². The quantitative estimate of drug-likeness (QED) is 0.429. The molecule has 2 aromatic heterocycles. The highest BCUT2D eigenvalue weighted by atomic mass is 32.1. The fourth-order valence-corrected chi connectivity index (χ4v) is 3.69. The smallest absolute Gasteiger partial charge is 0.249 e. The number of hydrogen-bond donors (Lipinski definition) is 0. The fraction of sp³-hybridized carbons (Fsp3) is 0.286. The van der Waals surface area contributed by atoms with Crippen molar-refractivity contribution in [2.24, 2.45) is 0 Å². The Bertz CT molecular complexity index is 1130. The summed E-state index contributed by atoms with van der Waals surface area (Å²) in [4.78, 5) is 14.2. The molecule has 9 heteroatoms. The van der Waals surface area contributed by atoms with E-state index in [0.29, 0.717) is 24.7 Å². The van der Waals surface area contributed by atoms with Crippen molar-refractivity contribution in [1.29, 1.82) is 0 Å². The van der Waals surface area contributed by atoms with E-state index in [4.69, 9.17) is 9.15 Å². The van der Waals surface area contributed by atoms with Gasteiger partial charge in [-0.15, -0.1) is 10.2 Å². The third kappa shape index (κ3) is 4.52. The monoisotopic (exact) mass is 423 g/mol. The lowest BCUT2D eigenvalue weighted by atomic mass is 10.1. The predicted octanol–water partition coefficient (Wildman–Crippen LogP) is 3.40. The molecule has 0 spiro atoms. The average molecular weight is 423 g/mol. The van der Waals surface area contributed by atoms with Gasteiger partial charge >= 0.3 is 0 Å². The van der Waals surface area contributed by atoms with Gasteiger partial charge in [-0.05, 0) is 23.3 Å². The van der Waals surface area contributed by atoms with Crippen LogP contribution in [0.2, 0.25) is 0 Å². The van der Waals surface area contributed by atoms with E-state index in [9.17, 15) is 4.79 Å². The number of aromatic nitrogens is 4. The Morgan fingerprint density at radius 1 is 1.13 bits per heavy atom. The molecule has 0 N–H and O–H groups in total. The maximum Gasteiger partial charge on any atom is 0.249 e. The molecule has 0 unspecified atom stereocenters. The second kappa shape index (κ2) is 9.10. The van der Waals surface area contributed by atoms with E-state index in [1.54, 1.807) is 19.1 Å². The van der Waals surface area contributed by atoms with Crippen molar-refractivity contribution in [2.75, 3.05) is 14.2 Å². The van der Waals surface area contributed by atoms with E-state index in [-0.39, 0.29) is 12.3 Å². The van der Waals surface area contributed by atoms with Crippen molar-refractivity contribution in [3.8, 4) is 0 Å². The maximum absolute atomic E-state index is 12.5. The number of carbonyl (C=O) groups is 1. The van der Waals surface area contributed by atoms with Crippen LogP contribution in [0.5, 0.6) is 0 Å². The number of benzene rings is 2. The molecule has 0 aliphatic carbocycles. The molecule has 1 atom stereocenters. The van der Waals surface area contributed by atoms with Crippen LogP contribution in [0.3, 0.4) is 0 Å². The van der Waals surface area contributed by atoms with Gasteiger partial charge in [0, 0.05) is 33.5 Å². The second-order valence-corrected chi connectivity index (χ2v) is 7.43. The van der Waals surface area contributed by atoms with Gasteiger partial charge in [-0.1, -0.05) is 36.4 Å². The van der Waals surface area contributed by atoms with Gasteiger partial charge in [-0.25, -0.2) is 0 Å². The minimum Gasteiger partial charge on any atom is -0.422 e. The first-order chi connectivity index (χ1) is 14.6. The molecule has 8 nitrogen and oxygen atoms in total. The topological polar surface area (TPSA) is 94.2 Å². The van der Waals surface area contributed by atoms with Crippen LogP contribution < -0.4 is 0 Å². The lowest BCUT2D eigenvalue weighted by Gasteiger charge is -2.16. The van der Waals surface area contributed by atoms with Crippen LogP contribution in [0.15, 0.2) is 52.9 Å². The highest BCUT2D eigenvalue weighted by molar-refractivity contribution is 7.00. The summed E-state index contributed by atoms with van der Waals surface area (Å²) >= 11 is 1.18. The Kier molecular flexibility index (Phi) is 6.10. The molecule has 154 valence electrons. The molecule has 4 aromatic rings. The van der Waals surface area contributed by atoms with E-state index in [1.807, 2.05) is 48.5 Å². The molecule has 0 saturated carbocycles. The first kappa shape index (κ1) is 20.1. The average Bonchev–Trinajstić information content (AvgIpc) is 3.42. The van der Waals surface area contributed by atoms with Crippen LogP contribution in [0.25, 0.3) is 11.0 Å². The lowest BCUT2D eigenvalue weighted by molar-refractivity contribution is -0.130. The fourth-order valence-electron chi connectivity index (χ4n) is 3.17. The summed E-state index contributed by atoms with van der Waals surface area (Å²) in [5, 5.41) is 8.17. The van der Waals surface area contributed by atoms with Crippen molar-refractivity contribution in [2.45, 2.75) is 25.5 Å². The molecule has 4 rings (SSSR count). The molecular formula is C21H21N5O3S. The van der Waals surface area contributed by atoms with Crippen molar-refractivity contribution < 1.29 is 13.9 Å².